The number of benzene rings is 1. The minimum absolute atomic E-state index is 0.213. The quantitative estimate of drug-likeness (QED) is 0.695. The highest BCUT2D eigenvalue weighted by Gasteiger charge is 2.55. The van der Waals surface area contributed by atoms with Gasteiger partial charge in [0, 0.05) is 18.1 Å². The molecule has 1 aromatic rings. The minimum atomic E-state index is -0.450. The molecule has 5 nitrogen and oxygen atoms in total. The largest absolute Gasteiger partial charge is 0.333 e. The molecule has 0 aromatic heterocycles. The topological polar surface area (TPSA) is 57.7 Å². The van der Waals surface area contributed by atoms with E-state index in [0.29, 0.717) is 35.2 Å². The molecule has 1 saturated heterocycles. The van der Waals surface area contributed by atoms with Crippen LogP contribution < -0.4 is 0 Å². The zero-order chi connectivity index (χ0) is 20.1. The molecule has 0 spiro atoms. The number of hydrogen-bond donors (Lipinski definition) is 0. The van der Waals surface area contributed by atoms with Crippen LogP contribution in [0.15, 0.2) is 24.3 Å². The molecule has 150 valence electrons. The summed E-state index contributed by atoms with van der Waals surface area (Å²) in [5.41, 5.74) is 1.30. The van der Waals surface area contributed by atoms with E-state index in [2.05, 4.69) is 13.8 Å². The van der Waals surface area contributed by atoms with Crippen molar-refractivity contribution in [3.05, 3.63) is 34.9 Å². The summed E-state index contributed by atoms with van der Waals surface area (Å²) in [7, 11) is 0. The standard InChI is InChI=1S/C22H27ClN2O3/c1-22(2)16-6-5-15(18(22)11-16)13-25-20(27)12-19(26)24(21(25)28)10-9-14-3-7-17(23)8-4-14/h3-4,7-8,15-16,18H,5-6,9-13H2,1-2H3/t15-,16-,18-/m1/s1. The zero-order valence-electron chi connectivity index (χ0n) is 16.5. The number of rotatable bonds is 5. The maximum absolute atomic E-state index is 13.0. The van der Waals surface area contributed by atoms with Crippen molar-refractivity contribution in [2.24, 2.45) is 23.2 Å². The highest BCUT2D eigenvalue weighted by Crippen LogP contribution is 2.61. The maximum atomic E-state index is 13.0. The molecule has 2 bridgehead atoms. The van der Waals surface area contributed by atoms with E-state index in [-0.39, 0.29) is 18.9 Å². The Morgan fingerprint density at radius 3 is 2.36 bits per heavy atom. The van der Waals surface area contributed by atoms with Crippen LogP contribution >= 0.6 is 11.6 Å². The first-order valence-electron chi connectivity index (χ1n) is 10.2. The fourth-order valence-corrected chi connectivity index (χ4v) is 5.51. The number of barbiturate groups is 1. The number of carbonyl (C=O) groups is 3. The summed E-state index contributed by atoms with van der Waals surface area (Å²) in [6.45, 7) is 5.34. The third-order valence-electron chi connectivity index (χ3n) is 7.32. The number of nitrogens with zero attached hydrogens (tertiary/aromatic N) is 2. The summed E-state index contributed by atoms with van der Waals surface area (Å²) < 4.78 is 0. The van der Waals surface area contributed by atoms with Gasteiger partial charge in [-0.3, -0.25) is 19.4 Å². The fraction of sp³-hybridized carbons (Fsp3) is 0.591. The van der Waals surface area contributed by atoms with Gasteiger partial charge in [-0.1, -0.05) is 37.6 Å². The van der Waals surface area contributed by atoms with Gasteiger partial charge in [-0.15, -0.1) is 0 Å². The lowest BCUT2D eigenvalue weighted by molar-refractivity contribution is -0.146. The number of carbonyl (C=O) groups excluding carboxylic acids is 3. The summed E-state index contributed by atoms with van der Waals surface area (Å²) in [5, 5.41) is 0.652. The zero-order valence-corrected chi connectivity index (χ0v) is 17.2. The first-order chi connectivity index (χ1) is 13.3. The van der Waals surface area contributed by atoms with E-state index in [4.69, 9.17) is 11.6 Å². The molecule has 3 atom stereocenters. The first kappa shape index (κ1) is 19.4. The van der Waals surface area contributed by atoms with Gasteiger partial charge >= 0.3 is 6.03 Å². The van der Waals surface area contributed by atoms with Gasteiger partial charge in [-0.25, -0.2) is 4.79 Å². The molecular weight excluding hydrogens is 376 g/mol. The minimum Gasteiger partial charge on any atom is -0.274 e. The summed E-state index contributed by atoms with van der Waals surface area (Å²) in [6, 6.07) is 6.92. The summed E-state index contributed by atoms with van der Waals surface area (Å²) in [6.07, 6.45) is 3.78. The molecule has 4 amide bonds. The van der Waals surface area contributed by atoms with Crippen molar-refractivity contribution in [2.45, 2.75) is 46.0 Å². The van der Waals surface area contributed by atoms with Gasteiger partial charge < -0.3 is 0 Å². The van der Waals surface area contributed by atoms with Gasteiger partial charge in [-0.2, -0.15) is 0 Å². The number of amides is 4. The summed E-state index contributed by atoms with van der Waals surface area (Å²) >= 11 is 5.91. The van der Waals surface area contributed by atoms with Crippen molar-refractivity contribution in [2.75, 3.05) is 13.1 Å². The van der Waals surface area contributed by atoms with Crippen molar-refractivity contribution < 1.29 is 14.4 Å². The van der Waals surface area contributed by atoms with Crippen LogP contribution in [0.1, 0.15) is 45.1 Å². The molecule has 1 heterocycles. The van der Waals surface area contributed by atoms with Crippen molar-refractivity contribution in [1.29, 1.82) is 0 Å². The van der Waals surface area contributed by atoms with Crippen LogP contribution in [0, 0.1) is 23.2 Å². The van der Waals surface area contributed by atoms with Gasteiger partial charge in [-0.05, 0) is 66.5 Å². The van der Waals surface area contributed by atoms with Crippen LogP contribution in [0.25, 0.3) is 0 Å². The third-order valence-corrected chi connectivity index (χ3v) is 7.57. The molecule has 0 N–H and O–H groups in total. The lowest BCUT2D eigenvalue weighted by atomic mass is 9.45. The van der Waals surface area contributed by atoms with E-state index in [9.17, 15) is 14.4 Å². The maximum Gasteiger partial charge on any atom is 0.333 e. The van der Waals surface area contributed by atoms with Crippen LogP contribution in [0.5, 0.6) is 0 Å². The highest BCUT2D eigenvalue weighted by molar-refractivity contribution is 6.30. The Hall–Kier alpha value is -1.88. The number of urea groups is 1. The lowest BCUT2D eigenvalue weighted by Crippen LogP contribution is -2.60. The monoisotopic (exact) mass is 402 g/mol. The number of halogens is 1. The number of hydrogen-bond acceptors (Lipinski definition) is 3. The van der Waals surface area contributed by atoms with Crippen molar-refractivity contribution >= 4 is 29.4 Å². The van der Waals surface area contributed by atoms with E-state index in [1.165, 1.54) is 22.6 Å². The second kappa shape index (κ2) is 7.18. The lowest BCUT2D eigenvalue weighted by Gasteiger charge is -2.60. The second-order valence-corrected chi connectivity index (χ2v) is 9.52. The Morgan fingerprint density at radius 1 is 1.04 bits per heavy atom. The Balaban J connectivity index is 1.43. The number of fused-ring (bicyclic) bond motifs is 2. The molecular formula is C22H27ClN2O3. The normalized spacial score (nSPS) is 29.1. The SMILES string of the molecule is CC1(C)[C@@H]2CC[C@H](CN3C(=O)CC(=O)N(CCc4ccc(Cl)cc4)C3=O)[C@H]1C2. The molecule has 4 fully saturated rings. The fourth-order valence-electron chi connectivity index (χ4n) is 5.39. The Morgan fingerprint density at radius 2 is 1.71 bits per heavy atom. The molecule has 1 aromatic carbocycles. The Bertz CT molecular complexity index is 803. The Kier molecular flexibility index (Phi) is 4.98. The average molecular weight is 403 g/mol. The molecule has 0 unspecified atom stereocenters. The van der Waals surface area contributed by atoms with Crippen molar-refractivity contribution in [3.8, 4) is 0 Å². The molecule has 3 saturated carbocycles. The average Bonchev–Trinajstić information content (AvgIpc) is 2.66. The van der Waals surface area contributed by atoms with Gasteiger partial charge in [0.15, 0.2) is 0 Å². The molecule has 28 heavy (non-hydrogen) atoms. The van der Waals surface area contributed by atoms with Crippen molar-refractivity contribution in [1.82, 2.24) is 9.80 Å². The van der Waals surface area contributed by atoms with E-state index in [0.717, 1.165) is 17.9 Å². The predicted octanol–water partition coefficient (Wildman–Crippen LogP) is 4.14. The smallest absolute Gasteiger partial charge is 0.274 e. The van der Waals surface area contributed by atoms with Crippen LogP contribution in [0.4, 0.5) is 4.79 Å². The van der Waals surface area contributed by atoms with Gasteiger partial charge in [0.2, 0.25) is 11.8 Å². The van der Waals surface area contributed by atoms with Gasteiger partial charge in [0.1, 0.15) is 6.42 Å². The van der Waals surface area contributed by atoms with Crippen molar-refractivity contribution in [3.63, 3.8) is 0 Å². The predicted molar refractivity (Wildman–Crippen MR) is 107 cm³/mol. The highest BCUT2D eigenvalue weighted by atomic mass is 35.5. The summed E-state index contributed by atoms with van der Waals surface area (Å²) in [4.78, 5) is 40.4. The molecule has 6 heteroatoms. The van der Waals surface area contributed by atoms with E-state index in [1.807, 2.05) is 12.1 Å². The van der Waals surface area contributed by atoms with Crippen LogP contribution in [0.3, 0.4) is 0 Å². The molecule has 0 radical (unpaired) electrons. The van der Waals surface area contributed by atoms with Crippen LogP contribution in [-0.2, 0) is 16.0 Å². The van der Waals surface area contributed by atoms with Gasteiger partial charge in [0.05, 0.1) is 0 Å². The van der Waals surface area contributed by atoms with E-state index >= 15 is 0 Å². The summed E-state index contributed by atoms with van der Waals surface area (Å²) in [5.74, 6) is 0.940. The van der Waals surface area contributed by atoms with E-state index < -0.39 is 11.9 Å². The molecule has 5 rings (SSSR count). The second-order valence-electron chi connectivity index (χ2n) is 9.08. The Labute approximate surface area is 171 Å². The van der Waals surface area contributed by atoms with Gasteiger partial charge in [0.25, 0.3) is 0 Å². The number of imide groups is 2. The molecule has 1 aliphatic heterocycles. The van der Waals surface area contributed by atoms with Crippen LogP contribution in [0.2, 0.25) is 5.02 Å². The third kappa shape index (κ3) is 3.34. The van der Waals surface area contributed by atoms with Crippen LogP contribution in [-0.4, -0.2) is 40.7 Å². The van der Waals surface area contributed by atoms with E-state index in [1.54, 1.807) is 12.1 Å². The molecule has 3 aliphatic carbocycles. The molecule has 4 aliphatic rings. The first-order valence-corrected chi connectivity index (χ1v) is 10.5.